The number of carbonyl (C=O) groups excluding carboxylic acids is 1. The van der Waals surface area contributed by atoms with Crippen molar-refractivity contribution in [1.29, 1.82) is 0 Å². The van der Waals surface area contributed by atoms with Gasteiger partial charge in [-0.05, 0) is 41.8 Å². The third kappa shape index (κ3) is 2.61. The van der Waals surface area contributed by atoms with E-state index in [2.05, 4.69) is 33.2 Å². The first-order valence-electron chi connectivity index (χ1n) is 5.52. The van der Waals surface area contributed by atoms with Gasteiger partial charge in [-0.15, -0.1) is 0 Å². The summed E-state index contributed by atoms with van der Waals surface area (Å²) in [6, 6.07) is 1.79. The molecular formula is C12H15BrN2O. The molecule has 0 bridgehead atoms. The van der Waals surface area contributed by atoms with Crippen LogP contribution < -0.4 is 5.32 Å². The van der Waals surface area contributed by atoms with Crippen LogP contribution in [0.25, 0.3) is 0 Å². The second-order valence-electron chi connectivity index (χ2n) is 4.61. The third-order valence-electron chi connectivity index (χ3n) is 3.09. The number of rotatable bonds is 2. The van der Waals surface area contributed by atoms with Gasteiger partial charge in [0.05, 0.1) is 5.56 Å². The Bertz CT molecular complexity index is 400. The predicted octanol–water partition coefficient (Wildman–Crippen LogP) is 2.91. The van der Waals surface area contributed by atoms with Gasteiger partial charge in [-0.3, -0.25) is 9.78 Å². The van der Waals surface area contributed by atoms with E-state index in [0.717, 1.165) is 17.3 Å². The molecule has 1 aliphatic rings. The first-order chi connectivity index (χ1) is 7.59. The number of hydrogen-bond acceptors (Lipinski definition) is 2. The van der Waals surface area contributed by atoms with Crippen LogP contribution in [0, 0.1) is 0 Å². The molecule has 0 aromatic carbocycles. The molecule has 1 amide bonds. The van der Waals surface area contributed by atoms with E-state index in [1.54, 1.807) is 18.5 Å². The molecule has 0 unspecified atom stereocenters. The smallest absolute Gasteiger partial charge is 0.253 e. The first-order valence-corrected chi connectivity index (χ1v) is 6.31. The molecule has 4 heteroatoms. The van der Waals surface area contributed by atoms with Crippen LogP contribution in [0.4, 0.5) is 0 Å². The van der Waals surface area contributed by atoms with Gasteiger partial charge in [0.25, 0.3) is 5.91 Å². The van der Waals surface area contributed by atoms with Crippen LogP contribution >= 0.6 is 15.9 Å². The van der Waals surface area contributed by atoms with Crippen LogP contribution in [0.5, 0.6) is 0 Å². The van der Waals surface area contributed by atoms with E-state index >= 15 is 0 Å². The maximum absolute atomic E-state index is 12.0. The van der Waals surface area contributed by atoms with Crippen LogP contribution in [0.2, 0.25) is 0 Å². The molecule has 1 N–H and O–H groups in total. The zero-order valence-electron chi connectivity index (χ0n) is 9.29. The van der Waals surface area contributed by atoms with Gasteiger partial charge in [0.1, 0.15) is 0 Å². The SMILES string of the molecule is CC1(NC(=O)c2cncc(Br)c2)CCCC1. The molecule has 1 fully saturated rings. The third-order valence-corrected chi connectivity index (χ3v) is 3.52. The average Bonchev–Trinajstić information content (AvgIpc) is 2.65. The highest BCUT2D eigenvalue weighted by Gasteiger charge is 2.30. The number of hydrogen-bond donors (Lipinski definition) is 1. The fourth-order valence-electron chi connectivity index (χ4n) is 2.16. The van der Waals surface area contributed by atoms with Crippen molar-refractivity contribution < 1.29 is 4.79 Å². The average molecular weight is 283 g/mol. The zero-order chi connectivity index (χ0) is 11.6. The number of nitrogens with one attached hydrogen (secondary N) is 1. The predicted molar refractivity (Wildman–Crippen MR) is 66.3 cm³/mol. The van der Waals surface area contributed by atoms with Crippen LogP contribution in [0.15, 0.2) is 22.9 Å². The summed E-state index contributed by atoms with van der Waals surface area (Å²) in [7, 11) is 0. The molecule has 1 heterocycles. The zero-order valence-corrected chi connectivity index (χ0v) is 10.9. The molecule has 1 saturated carbocycles. The molecule has 2 rings (SSSR count). The van der Waals surface area contributed by atoms with Crippen LogP contribution in [-0.4, -0.2) is 16.4 Å². The first kappa shape index (κ1) is 11.6. The van der Waals surface area contributed by atoms with E-state index < -0.39 is 0 Å². The number of halogens is 1. The minimum Gasteiger partial charge on any atom is -0.347 e. The van der Waals surface area contributed by atoms with Crippen molar-refractivity contribution in [3.8, 4) is 0 Å². The highest BCUT2D eigenvalue weighted by molar-refractivity contribution is 9.10. The van der Waals surface area contributed by atoms with Gasteiger partial charge < -0.3 is 5.32 Å². The van der Waals surface area contributed by atoms with Gasteiger partial charge in [-0.25, -0.2) is 0 Å². The normalized spacial score (nSPS) is 18.4. The molecule has 3 nitrogen and oxygen atoms in total. The summed E-state index contributed by atoms with van der Waals surface area (Å²) in [5.41, 5.74) is 0.585. The molecule has 0 atom stereocenters. The van der Waals surface area contributed by atoms with E-state index in [1.165, 1.54) is 12.8 Å². The second-order valence-corrected chi connectivity index (χ2v) is 5.53. The molecule has 1 aromatic heterocycles. The Morgan fingerprint density at radius 2 is 2.12 bits per heavy atom. The lowest BCUT2D eigenvalue weighted by Crippen LogP contribution is -2.43. The Kier molecular flexibility index (Phi) is 3.28. The molecule has 86 valence electrons. The number of amides is 1. The summed E-state index contributed by atoms with van der Waals surface area (Å²) in [5.74, 6) is -0.0294. The molecule has 1 aromatic rings. The summed E-state index contributed by atoms with van der Waals surface area (Å²) in [5, 5.41) is 3.10. The van der Waals surface area contributed by atoms with E-state index in [-0.39, 0.29) is 11.4 Å². The lowest BCUT2D eigenvalue weighted by Gasteiger charge is -2.25. The van der Waals surface area contributed by atoms with Crippen LogP contribution in [0.1, 0.15) is 43.0 Å². The van der Waals surface area contributed by atoms with Crippen molar-refractivity contribution >= 4 is 21.8 Å². The summed E-state index contributed by atoms with van der Waals surface area (Å²) in [6.45, 7) is 2.11. The molecule has 0 radical (unpaired) electrons. The summed E-state index contributed by atoms with van der Waals surface area (Å²) in [4.78, 5) is 16.0. The van der Waals surface area contributed by atoms with Gasteiger partial charge in [0.15, 0.2) is 0 Å². The quantitative estimate of drug-likeness (QED) is 0.906. The van der Waals surface area contributed by atoms with E-state index in [0.29, 0.717) is 5.56 Å². The largest absolute Gasteiger partial charge is 0.347 e. The van der Waals surface area contributed by atoms with Gasteiger partial charge in [-0.2, -0.15) is 0 Å². The number of pyridine rings is 1. The Balaban J connectivity index is 2.08. The molecule has 0 saturated heterocycles. The van der Waals surface area contributed by atoms with Crippen molar-refractivity contribution in [2.45, 2.75) is 38.1 Å². The van der Waals surface area contributed by atoms with E-state index in [4.69, 9.17) is 0 Å². The molecule has 16 heavy (non-hydrogen) atoms. The van der Waals surface area contributed by atoms with Crippen LogP contribution in [-0.2, 0) is 0 Å². The van der Waals surface area contributed by atoms with Crippen molar-refractivity contribution in [1.82, 2.24) is 10.3 Å². The number of aromatic nitrogens is 1. The maximum Gasteiger partial charge on any atom is 0.253 e. The van der Waals surface area contributed by atoms with Gasteiger partial charge in [0, 0.05) is 22.4 Å². The summed E-state index contributed by atoms with van der Waals surface area (Å²) >= 11 is 3.31. The van der Waals surface area contributed by atoms with Crippen LogP contribution in [0.3, 0.4) is 0 Å². The highest BCUT2D eigenvalue weighted by Crippen LogP contribution is 2.29. The van der Waals surface area contributed by atoms with E-state index in [9.17, 15) is 4.79 Å². The van der Waals surface area contributed by atoms with E-state index in [1.807, 2.05) is 0 Å². The lowest BCUT2D eigenvalue weighted by molar-refractivity contribution is 0.0907. The standard InChI is InChI=1S/C12H15BrN2O/c1-12(4-2-3-5-12)15-11(16)9-6-10(13)8-14-7-9/h6-8H,2-5H2,1H3,(H,15,16). The maximum atomic E-state index is 12.0. The Hall–Kier alpha value is -0.900. The van der Waals surface area contributed by atoms with Crippen molar-refractivity contribution in [3.63, 3.8) is 0 Å². The van der Waals surface area contributed by atoms with Crippen molar-refractivity contribution in [2.24, 2.45) is 0 Å². The van der Waals surface area contributed by atoms with Crippen molar-refractivity contribution in [3.05, 3.63) is 28.5 Å². The number of carbonyl (C=O) groups is 1. The highest BCUT2D eigenvalue weighted by atomic mass is 79.9. The van der Waals surface area contributed by atoms with Gasteiger partial charge in [-0.1, -0.05) is 12.8 Å². The molecule has 1 aliphatic carbocycles. The fraction of sp³-hybridized carbons (Fsp3) is 0.500. The molecule has 0 spiro atoms. The van der Waals surface area contributed by atoms with Crippen molar-refractivity contribution in [2.75, 3.05) is 0 Å². The fourth-order valence-corrected chi connectivity index (χ4v) is 2.53. The molecular weight excluding hydrogens is 268 g/mol. The summed E-state index contributed by atoms with van der Waals surface area (Å²) < 4.78 is 0.830. The van der Waals surface area contributed by atoms with Gasteiger partial charge >= 0.3 is 0 Å². The summed E-state index contributed by atoms with van der Waals surface area (Å²) in [6.07, 6.45) is 7.81. The second kappa shape index (κ2) is 4.53. The molecule has 0 aliphatic heterocycles. The monoisotopic (exact) mass is 282 g/mol. The minimum atomic E-state index is -0.0294. The minimum absolute atomic E-state index is 0.0284. The van der Waals surface area contributed by atoms with Gasteiger partial charge in [0.2, 0.25) is 0 Å². The Morgan fingerprint density at radius 3 is 2.75 bits per heavy atom. The Morgan fingerprint density at radius 1 is 1.44 bits per heavy atom. The lowest BCUT2D eigenvalue weighted by atomic mass is 10.0. The number of nitrogens with zero attached hydrogens (tertiary/aromatic N) is 1. The Labute approximate surface area is 104 Å². The topological polar surface area (TPSA) is 42.0 Å².